The molecule has 0 saturated carbocycles. The van der Waals surface area contributed by atoms with Crippen LogP contribution < -0.4 is 5.32 Å². The molecule has 9 heteroatoms. The normalized spacial score (nSPS) is 18.7. The lowest BCUT2D eigenvalue weighted by molar-refractivity contribution is -0.137. The summed E-state index contributed by atoms with van der Waals surface area (Å²) in [4.78, 5) is 35.9. The Kier molecular flexibility index (Phi) is 4.27. The van der Waals surface area contributed by atoms with Crippen molar-refractivity contribution < 1.29 is 37.8 Å². The maximum Gasteiger partial charge on any atom is 0.416 e. The van der Waals surface area contributed by atoms with Gasteiger partial charge in [0, 0.05) is 11.1 Å². The fourth-order valence-corrected chi connectivity index (χ4v) is 2.93. The molecule has 1 heterocycles. The first kappa shape index (κ1) is 18.6. The fourth-order valence-electron chi connectivity index (χ4n) is 2.93. The number of fused-ring (bicyclic) bond motifs is 1. The molecule has 1 atom stereocenters. The standard InChI is InChI=1S/C18H12F3NO5/c19-18(20,21)10-4-1-3-9(7-10)13(23)8-17(27)12-6-2-5-11(15(24)25)14(12)22-16(17)26/h1-7,27H,8H2,(H,22,26)(H,24,25). The molecule has 2 aromatic rings. The number of aromatic carboxylic acids is 1. The minimum absolute atomic E-state index is 0.118. The molecule has 1 aliphatic heterocycles. The Hall–Kier alpha value is -3.20. The molecule has 0 spiro atoms. The van der Waals surface area contributed by atoms with Gasteiger partial charge in [-0.25, -0.2) is 4.79 Å². The minimum atomic E-state index is -4.65. The Morgan fingerprint density at radius 3 is 2.41 bits per heavy atom. The second-order valence-electron chi connectivity index (χ2n) is 6.03. The second-order valence-corrected chi connectivity index (χ2v) is 6.03. The van der Waals surface area contributed by atoms with Crippen molar-refractivity contribution in [2.75, 3.05) is 5.32 Å². The van der Waals surface area contributed by atoms with Crippen LogP contribution in [0.4, 0.5) is 18.9 Å². The monoisotopic (exact) mass is 379 g/mol. The molecule has 6 nitrogen and oxygen atoms in total. The molecule has 0 bridgehead atoms. The number of carboxylic acids is 1. The molecule has 3 rings (SSSR count). The Labute approximate surface area is 150 Å². The third-order valence-electron chi connectivity index (χ3n) is 4.28. The first-order valence-corrected chi connectivity index (χ1v) is 7.65. The van der Waals surface area contributed by atoms with Crippen LogP contribution in [0.15, 0.2) is 42.5 Å². The molecule has 1 aliphatic rings. The van der Waals surface area contributed by atoms with E-state index in [4.69, 9.17) is 5.11 Å². The maximum atomic E-state index is 12.8. The Morgan fingerprint density at radius 2 is 1.78 bits per heavy atom. The molecule has 3 N–H and O–H groups in total. The Bertz CT molecular complexity index is 970. The number of alkyl halides is 3. The van der Waals surface area contributed by atoms with Crippen LogP contribution in [0, 0.1) is 0 Å². The Balaban J connectivity index is 1.97. The smallest absolute Gasteiger partial charge is 0.416 e. The fraction of sp³-hybridized carbons (Fsp3) is 0.167. The number of carbonyl (C=O) groups excluding carboxylic acids is 2. The van der Waals surface area contributed by atoms with Crippen LogP contribution in [0.25, 0.3) is 0 Å². The summed E-state index contributed by atoms with van der Waals surface area (Å²) in [5, 5.41) is 22.1. The van der Waals surface area contributed by atoms with E-state index >= 15 is 0 Å². The number of amides is 1. The first-order valence-electron chi connectivity index (χ1n) is 7.65. The molecule has 140 valence electrons. The summed E-state index contributed by atoms with van der Waals surface area (Å²) < 4.78 is 38.4. The van der Waals surface area contributed by atoms with Gasteiger partial charge in [-0.15, -0.1) is 0 Å². The highest BCUT2D eigenvalue weighted by Crippen LogP contribution is 2.41. The van der Waals surface area contributed by atoms with E-state index in [1.165, 1.54) is 18.2 Å². The van der Waals surface area contributed by atoms with Gasteiger partial charge in [0.05, 0.1) is 23.2 Å². The number of para-hydroxylation sites is 1. The summed E-state index contributed by atoms with van der Waals surface area (Å²) in [5.74, 6) is -3.26. The van der Waals surface area contributed by atoms with E-state index in [2.05, 4.69) is 5.32 Å². The molecule has 0 aromatic heterocycles. The van der Waals surface area contributed by atoms with E-state index in [-0.39, 0.29) is 22.4 Å². The van der Waals surface area contributed by atoms with Crippen molar-refractivity contribution in [1.29, 1.82) is 0 Å². The van der Waals surface area contributed by atoms with E-state index in [1.807, 2.05) is 0 Å². The van der Waals surface area contributed by atoms with Gasteiger partial charge in [-0.2, -0.15) is 13.2 Å². The zero-order valence-corrected chi connectivity index (χ0v) is 13.5. The number of halogens is 3. The highest BCUT2D eigenvalue weighted by atomic mass is 19.4. The molecule has 0 saturated heterocycles. The summed E-state index contributed by atoms with van der Waals surface area (Å²) in [6.45, 7) is 0. The van der Waals surface area contributed by atoms with Crippen molar-refractivity contribution in [3.05, 3.63) is 64.7 Å². The van der Waals surface area contributed by atoms with Crippen LogP contribution in [0.5, 0.6) is 0 Å². The van der Waals surface area contributed by atoms with E-state index in [1.54, 1.807) is 0 Å². The number of anilines is 1. The van der Waals surface area contributed by atoms with Crippen LogP contribution in [0.1, 0.15) is 38.3 Å². The van der Waals surface area contributed by atoms with Crippen molar-refractivity contribution in [1.82, 2.24) is 0 Å². The van der Waals surface area contributed by atoms with Crippen LogP contribution in [-0.4, -0.2) is 27.9 Å². The van der Waals surface area contributed by atoms with Gasteiger partial charge in [0.1, 0.15) is 0 Å². The van der Waals surface area contributed by atoms with Crippen molar-refractivity contribution >= 4 is 23.3 Å². The number of hydrogen-bond acceptors (Lipinski definition) is 4. The highest BCUT2D eigenvalue weighted by Gasteiger charge is 2.48. The summed E-state index contributed by atoms with van der Waals surface area (Å²) in [6.07, 6.45) is -5.49. The lowest BCUT2D eigenvalue weighted by atomic mass is 9.87. The number of carbonyl (C=O) groups is 3. The first-order chi connectivity index (χ1) is 12.5. The number of Topliss-reactive ketones (excluding diaryl/α,β-unsaturated/α-hetero) is 1. The number of carboxylic acid groups (broad SMARTS) is 1. The van der Waals surface area contributed by atoms with Crippen LogP contribution >= 0.6 is 0 Å². The van der Waals surface area contributed by atoms with Crippen LogP contribution in [-0.2, 0) is 16.6 Å². The minimum Gasteiger partial charge on any atom is -0.478 e. The second kappa shape index (κ2) is 6.20. The van der Waals surface area contributed by atoms with Gasteiger partial charge >= 0.3 is 12.1 Å². The maximum absolute atomic E-state index is 12.8. The van der Waals surface area contributed by atoms with Gasteiger partial charge in [-0.3, -0.25) is 9.59 Å². The number of nitrogens with one attached hydrogen (secondary N) is 1. The molecular formula is C18H12F3NO5. The van der Waals surface area contributed by atoms with Crippen molar-refractivity contribution in [3.8, 4) is 0 Å². The molecule has 1 amide bonds. The van der Waals surface area contributed by atoms with Crippen molar-refractivity contribution in [2.45, 2.75) is 18.2 Å². The Morgan fingerprint density at radius 1 is 1.11 bits per heavy atom. The number of benzene rings is 2. The van der Waals surface area contributed by atoms with Crippen LogP contribution in [0.3, 0.4) is 0 Å². The van der Waals surface area contributed by atoms with Crippen LogP contribution in [0.2, 0.25) is 0 Å². The number of hydrogen-bond donors (Lipinski definition) is 3. The van der Waals surface area contributed by atoms with Gasteiger partial charge in [0.2, 0.25) is 0 Å². The van der Waals surface area contributed by atoms with Gasteiger partial charge < -0.3 is 15.5 Å². The average molecular weight is 379 g/mol. The van der Waals surface area contributed by atoms with E-state index in [0.717, 1.165) is 18.2 Å². The molecule has 0 aliphatic carbocycles. The van der Waals surface area contributed by atoms with Gasteiger partial charge in [-0.1, -0.05) is 24.3 Å². The molecule has 0 radical (unpaired) electrons. The van der Waals surface area contributed by atoms with Gasteiger partial charge in [0.25, 0.3) is 5.91 Å². The summed E-state index contributed by atoms with van der Waals surface area (Å²) in [7, 11) is 0. The van der Waals surface area contributed by atoms with Gasteiger partial charge in [0.15, 0.2) is 11.4 Å². The average Bonchev–Trinajstić information content (AvgIpc) is 2.85. The third kappa shape index (κ3) is 3.17. The zero-order valence-electron chi connectivity index (χ0n) is 13.5. The third-order valence-corrected chi connectivity index (χ3v) is 4.28. The zero-order chi connectivity index (χ0) is 20.0. The predicted octanol–water partition coefficient (Wildman–Crippen LogP) is 2.82. The molecule has 0 fully saturated rings. The van der Waals surface area contributed by atoms with E-state index < -0.39 is 41.4 Å². The predicted molar refractivity (Wildman–Crippen MR) is 86.3 cm³/mol. The summed E-state index contributed by atoms with van der Waals surface area (Å²) in [5.41, 5.74) is -4.28. The number of aliphatic hydroxyl groups is 1. The molecular weight excluding hydrogens is 367 g/mol. The quantitative estimate of drug-likeness (QED) is 0.709. The molecule has 1 unspecified atom stereocenters. The van der Waals surface area contributed by atoms with E-state index in [0.29, 0.717) is 6.07 Å². The summed E-state index contributed by atoms with van der Waals surface area (Å²) in [6, 6.07) is 7.40. The lowest BCUT2D eigenvalue weighted by Crippen LogP contribution is -2.36. The topological polar surface area (TPSA) is 104 Å². The number of rotatable bonds is 4. The number of ketones is 1. The molecule has 27 heavy (non-hydrogen) atoms. The SMILES string of the molecule is O=C(CC1(O)C(=O)Nc2c(C(=O)O)cccc21)c1cccc(C(F)(F)F)c1. The van der Waals surface area contributed by atoms with E-state index in [9.17, 15) is 32.7 Å². The van der Waals surface area contributed by atoms with Crippen molar-refractivity contribution in [3.63, 3.8) is 0 Å². The lowest BCUT2D eigenvalue weighted by Gasteiger charge is -2.20. The largest absolute Gasteiger partial charge is 0.478 e. The van der Waals surface area contributed by atoms with Crippen molar-refractivity contribution in [2.24, 2.45) is 0 Å². The highest BCUT2D eigenvalue weighted by molar-refractivity contribution is 6.13. The summed E-state index contributed by atoms with van der Waals surface area (Å²) >= 11 is 0. The van der Waals surface area contributed by atoms with Gasteiger partial charge in [-0.05, 0) is 18.2 Å². The molecule has 2 aromatic carbocycles.